The summed E-state index contributed by atoms with van der Waals surface area (Å²) in [6.07, 6.45) is 0. The van der Waals surface area contributed by atoms with E-state index in [1.807, 2.05) is 6.07 Å². The fourth-order valence-electron chi connectivity index (χ4n) is 2.95. The van der Waals surface area contributed by atoms with E-state index >= 15 is 0 Å². The minimum Gasteiger partial charge on any atom is -0.496 e. The molecule has 0 radical (unpaired) electrons. The van der Waals surface area contributed by atoms with Crippen molar-refractivity contribution in [2.45, 2.75) is 13.0 Å². The number of benzene rings is 1. The molecule has 1 aromatic carbocycles. The summed E-state index contributed by atoms with van der Waals surface area (Å²) < 4.78 is 16.2. The van der Waals surface area contributed by atoms with Crippen LogP contribution < -0.4 is 14.2 Å². The lowest BCUT2D eigenvalue weighted by Gasteiger charge is -2.36. The zero-order chi connectivity index (χ0) is 16.8. The highest BCUT2D eigenvalue weighted by atomic mass is 16.5. The van der Waals surface area contributed by atoms with Crippen molar-refractivity contribution in [1.82, 2.24) is 9.80 Å². The van der Waals surface area contributed by atoms with Crippen LogP contribution in [0.1, 0.15) is 18.5 Å². The molecule has 6 heteroatoms. The largest absolute Gasteiger partial charge is 0.496 e. The van der Waals surface area contributed by atoms with E-state index in [2.05, 4.69) is 22.8 Å². The van der Waals surface area contributed by atoms with Crippen LogP contribution in [0.25, 0.3) is 0 Å². The maximum absolute atomic E-state index is 9.73. The van der Waals surface area contributed by atoms with E-state index in [4.69, 9.17) is 14.2 Å². The van der Waals surface area contributed by atoms with Gasteiger partial charge < -0.3 is 19.1 Å². The summed E-state index contributed by atoms with van der Waals surface area (Å²) in [5.74, 6) is 1.85. The highest BCUT2D eigenvalue weighted by Crippen LogP contribution is 2.39. The van der Waals surface area contributed by atoms with Gasteiger partial charge in [0.2, 0.25) is 0 Å². The van der Waals surface area contributed by atoms with Crippen LogP contribution in [0.4, 0.5) is 0 Å². The number of rotatable bonds is 6. The van der Waals surface area contributed by atoms with Crippen LogP contribution in [0.15, 0.2) is 12.1 Å². The summed E-state index contributed by atoms with van der Waals surface area (Å²) in [5, 5.41) is 9.73. The molecule has 1 atom stereocenters. The van der Waals surface area contributed by atoms with Crippen LogP contribution in [-0.4, -0.2) is 63.9 Å². The molecular formula is C17H25N3O3. The number of nitrogens with zero attached hydrogens (tertiary/aromatic N) is 3. The second-order valence-electron chi connectivity index (χ2n) is 5.45. The quantitative estimate of drug-likeness (QED) is 0.798. The summed E-state index contributed by atoms with van der Waals surface area (Å²) in [6.45, 7) is 6.89. The number of piperazine rings is 1. The Bertz CT molecular complexity index is 563. The first-order valence-electron chi connectivity index (χ1n) is 7.84. The molecule has 0 bridgehead atoms. The van der Waals surface area contributed by atoms with Gasteiger partial charge in [0, 0.05) is 37.8 Å². The molecule has 1 aliphatic heterocycles. The summed E-state index contributed by atoms with van der Waals surface area (Å²) in [5.41, 5.74) is 0.817. The molecule has 0 saturated carbocycles. The molecule has 1 unspecified atom stereocenters. The third-order valence-corrected chi connectivity index (χ3v) is 4.37. The Morgan fingerprint density at radius 3 is 2.04 bits per heavy atom. The summed E-state index contributed by atoms with van der Waals surface area (Å²) in [6, 6.07) is 5.68. The lowest BCUT2D eigenvalue weighted by molar-refractivity contribution is 0.117. The summed E-state index contributed by atoms with van der Waals surface area (Å²) >= 11 is 0. The van der Waals surface area contributed by atoms with Crippen LogP contribution in [-0.2, 0) is 0 Å². The van der Waals surface area contributed by atoms with Crippen LogP contribution in [0.5, 0.6) is 17.2 Å². The first kappa shape index (κ1) is 17.4. The van der Waals surface area contributed by atoms with E-state index < -0.39 is 0 Å². The van der Waals surface area contributed by atoms with Crippen molar-refractivity contribution >= 4 is 0 Å². The smallest absolute Gasteiger partial charge is 0.164 e. The highest BCUT2D eigenvalue weighted by molar-refractivity contribution is 5.53. The molecule has 23 heavy (non-hydrogen) atoms. The Balaban J connectivity index is 2.32. The Hall–Kier alpha value is -1.97. The van der Waals surface area contributed by atoms with Crippen molar-refractivity contribution < 1.29 is 14.2 Å². The minimum absolute atomic E-state index is 0.358. The molecular weight excluding hydrogens is 294 g/mol. The van der Waals surface area contributed by atoms with Crippen LogP contribution in [0.3, 0.4) is 0 Å². The van der Waals surface area contributed by atoms with Crippen molar-refractivity contribution in [2.24, 2.45) is 0 Å². The number of likely N-dealkylation sites (N-methyl/N-ethyl adjacent to an activating group) is 1. The summed E-state index contributed by atoms with van der Waals surface area (Å²) in [7, 11) is 4.78. The molecule has 1 heterocycles. The second-order valence-corrected chi connectivity index (χ2v) is 5.45. The topological polar surface area (TPSA) is 58.0 Å². The van der Waals surface area contributed by atoms with Gasteiger partial charge in [0.15, 0.2) is 11.5 Å². The maximum atomic E-state index is 9.73. The van der Waals surface area contributed by atoms with Gasteiger partial charge in [-0.1, -0.05) is 6.92 Å². The molecule has 1 aliphatic rings. The predicted octanol–water partition coefficient (Wildman–Crippen LogP) is 1.91. The van der Waals surface area contributed by atoms with Gasteiger partial charge in [0.25, 0.3) is 0 Å². The molecule has 6 nitrogen and oxygen atoms in total. The van der Waals surface area contributed by atoms with Gasteiger partial charge in [-0.15, -0.1) is 0 Å². The Morgan fingerprint density at radius 2 is 1.57 bits per heavy atom. The van der Waals surface area contributed by atoms with Crippen molar-refractivity contribution in [3.8, 4) is 23.3 Å². The van der Waals surface area contributed by atoms with E-state index in [0.717, 1.165) is 38.3 Å². The average molecular weight is 319 g/mol. The number of hydrogen-bond donors (Lipinski definition) is 0. The third kappa shape index (κ3) is 3.69. The van der Waals surface area contributed by atoms with Crippen LogP contribution in [0, 0.1) is 11.3 Å². The average Bonchev–Trinajstić information content (AvgIpc) is 2.62. The molecule has 1 fully saturated rings. The second kappa shape index (κ2) is 8.04. The van der Waals surface area contributed by atoms with Gasteiger partial charge in [-0.25, -0.2) is 0 Å². The Kier molecular flexibility index (Phi) is 6.08. The monoisotopic (exact) mass is 319 g/mol. The van der Waals surface area contributed by atoms with Gasteiger partial charge >= 0.3 is 0 Å². The normalized spacial score (nSPS) is 17.3. The molecule has 1 aromatic rings. The van der Waals surface area contributed by atoms with Gasteiger partial charge in [-0.05, 0) is 12.6 Å². The van der Waals surface area contributed by atoms with Crippen molar-refractivity contribution in [3.05, 3.63) is 17.7 Å². The summed E-state index contributed by atoms with van der Waals surface area (Å²) in [4.78, 5) is 4.58. The standard InChI is InChI=1S/C17H25N3O3/c1-5-19-6-8-20(9-7-19)14(12-18)13-10-16(22-3)17(23-4)11-15(13)21-2/h10-11,14H,5-9H2,1-4H3. The van der Waals surface area contributed by atoms with Crippen molar-refractivity contribution in [3.63, 3.8) is 0 Å². The third-order valence-electron chi connectivity index (χ3n) is 4.37. The van der Waals surface area contributed by atoms with Gasteiger partial charge in [0.1, 0.15) is 11.8 Å². The van der Waals surface area contributed by atoms with E-state index in [1.54, 1.807) is 27.4 Å². The molecule has 0 spiro atoms. The van der Waals surface area contributed by atoms with Gasteiger partial charge in [0.05, 0.1) is 27.4 Å². The van der Waals surface area contributed by atoms with Gasteiger partial charge in [-0.2, -0.15) is 5.26 Å². The molecule has 1 saturated heterocycles. The number of methoxy groups -OCH3 is 3. The molecule has 0 amide bonds. The van der Waals surface area contributed by atoms with Crippen molar-refractivity contribution in [1.29, 1.82) is 5.26 Å². The fourth-order valence-corrected chi connectivity index (χ4v) is 2.95. The molecule has 0 N–H and O–H groups in total. The lowest BCUT2D eigenvalue weighted by atomic mass is 10.0. The van der Waals surface area contributed by atoms with E-state index in [-0.39, 0.29) is 6.04 Å². The molecule has 0 aromatic heterocycles. The zero-order valence-corrected chi connectivity index (χ0v) is 14.3. The predicted molar refractivity (Wildman–Crippen MR) is 88.1 cm³/mol. The van der Waals surface area contributed by atoms with Crippen LogP contribution >= 0.6 is 0 Å². The zero-order valence-electron chi connectivity index (χ0n) is 14.3. The van der Waals surface area contributed by atoms with Crippen molar-refractivity contribution in [2.75, 3.05) is 54.1 Å². The molecule has 2 rings (SSSR count). The molecule has 0 aliphatic carbocycles. The van der Waals surface area contributed by atoms with Crippen LogP contribution in [0.2, 0.25) is 0 Å². The SMILES string of the molecule is CCN1CCN(C(C#N)c2cc(OC)c(OC)cc2OC)CC1. The molecule has 126 valence electrons. The first-order valence-corrected chi connectivity index (χ1v) is 7.84. The number of nitriles is 1. The Labute approximate surface area is 138 Å². The highest BCUT2D eigenvalue weighted by Gasteiger charge is 2.28. The first-order chi connectivity index (χ1) is 11.2. The fraction of sp³-hybridized carbons (Fsp3) is 0.588. The Morgan fingerprint density at radius 1 is 1.00 bits per heavy atom. The minimum atomic E-state index is -0.358. The van der Waals surface area contributed by atoms with E-state index in [1.165, 1.54) is 0 Å². The number of hydrogen-bond acceptors (Lipinski definition) is 6. The van der Waals surface area contributed by atoms with E-state index in [9.17, 15) is 5.26 Å². The number of ether oxygens (including phenoxy) is 3. The lowest BCUT2D eigenvalue weighted by Crippen LogP contribution is -2.47. The van der Waals surface area contributed by atoms with Gasteiger partial charge in [-0.3, -0.25) is 4.90 Å². The maximum Gasteiger partial charge on any atom is 0.164 e. The van der Waals surface area contributed by atoms with E-state index in [0.29, 0.717) is 17.2 Å².